The maximum atomic E-state index is 11.9. The van der Waals surface area contributed by atoms with Crippen molar-refractivity contribution in [2.75, 3.05) is 5.32 Å². The molecule has 18 heavy (non-hydrogen) atoms. The Balaban J connectivity index is 1.88. The van der Waals surface area contributed by atoms with Gasteiger partial charge in [0.05, 0.1) is 17.6 Å². The van der Waals surface area contributed by atoms with Crippen molar-refractivity contribution >= 4 is 22.6 Å². The van der Waals surface area contributed by atoms with E-state index in [1.165, 1.54) is 0 Å². The van der Waals surface area contributed by atoms with Gasteiger partial charge in [0.2, 0.25) is 5.91 Å². The summed E-state index contributed by atoms with van der Waals surface area (Å²) in [6.45, 7) is 1.95. The van der Waals surface area contributed by atoms with Crippen LogP contribution in [0.3, 0.4) is 0 Å². The van der Waals surface area contributed by atoms with E-state index >= 15 is 0 Å². The monoisotopic (exact) mass is 244 g/mol. The average molecular weight is 244 g/mol. The molecule has 0 aromatic carbocycles. The summed E-state index contributed by atoms with van der Waals surface area (Å²) in [6.07, 6.45) is 4.87. The van der Waals surface area contributed by atoms with Gasteiger partial charge in [-0.25, -0.2) is 4.98 Å². The number of rotatable bonds is 2. The molecular weight excluding hydrogens is 228 g/mol. The number of hydrogen-bond acceptors (Lipinski definition) is 3. The van der Waals surface area contributed by atoms with Gasteiger partial charge >= 0.3 is 0 Å². The minimum atomic E-state index is 0.115. The topological polar surface area (TPSA) is 59.8 Å². The Labute approximate surface area is 105 Å². The lowest BCUT2D eigenvalue weighted by Gasteiger charge is -2.23. The van der Waals surface area contributed by atoms with Crippen molar-refractivity contribution in [2.24, 2.45) is 13.0 Å². The van der Waals surface area contributed by atoms with E-state index in [-0.39, 0.29) is 11.8 Å². The Bertz CT molecular complexity index is 613. The number of pyridine rings is 1. The Morgan fingerprint density at radius 1 is 1.50 bits per heavy atom. The lowest BCUT2D eigenvalue weighted by atomic mass is 9.85. The highest BCUT2D eigenvalue weighted by atomic mass is 16.1. The van der Waals surface area contributed by atoms with Crippen molar-refractivity contribution in [1.82, 2.24) is 14.8 Å². The molecule has 1 aliphatic carbocycles. The molecule has 2 aromatic heterocycles. The number of aromatic nitrogens is 3. The number of anilines is 1. The zero-order valence-corrected chi connectivity index (χ0v) is 10.6. The normalized spacial score (nSPS) is 15.7. The second kappa shape index (κ2) is 4.08. The third-order valence-electron chi connectivity index (χ3n) is 3.61. The summed E-state index contributed by atoms with van der Waals surface area (Å²) in [6, 6.07) is 1.95. The molecule has 1 aliphatic rings. The van der Waals surface area contributed by atoms with Crippen molar-refractivity contribution < 1.29 is 4.79 Å². The summed E-state index contributed by atoms with van der Waals surface area (Å²) in [5, 5.41) is 8.24. The molecule has 3 rings (SSSR count). The molecule has 0 bridgehead atoms. The van der Waals surface area contributed by atoms with Crippen LogP contribution in [-0.2, 0) is 11.8 Å². The van der Waals surface area contributed by atoms with Gasteiger partial charge < -0.3 is 5.32 Å². The summed E-state index contributed by atoms with van der Waals surface area (Å²) in [7, 11) is 1.87. The van der Waals surface area contributed by atoms with E-state index in [4.69, 9.17) is 0 Å². The Kier molecular flexibility index (Phi) is 2.54. The SMILES string of the molecule is Cc1nn(C)c2ncc(NC(=O)C3CCC3)cc12. The molecule has 1 saturated carbocycles. The van der Waals surface area contributed by atoms with Gasteiger partial charge in [0.1, 0.15) is 0 Å². The van der Waals surface area contributed by atoms with Crippen LogP contribution in [0.4, 0.5) is 5.69 Å². The van der Waals surface area contributed by atoms with E-state index in [1.807, 2.05) is 20.0 Å². The first-order valence-corrected chi connectivity index (χ1v) is 6.25. The van der Waals surface area contributed by atoms with Crippen LogP contribution in [0.25, 0.3) is 11.0 Å². The van der Waals surface area contributed by atoms with Crippen molar-refractivity contribution in [2.45, 2.75) is 26.2 Å². The number of carbonyl (C=O) groups is 1. The first-order valence-electron chi connectivity index (χ1n) is 6.25. The third-order valence-corrected chi connectivity index (χ3v) is 3.61. The molecule has 0 spiro atoms. The number of amides is 1. The van der Waals surface area contributed by atoms with Gasteiger partial charge in [-0.2, -0.15) is 5.10 Å². The van der Waals surface area contributed by atoms with E-state index in [0.717, 1.165) is 41.7 Å². The van der Waals surface area contributed by atoms with Gasteiger partial charge in [-0.15, -0.1) is 0 Å². The molecule has 1 amide bonds. The van der Waals surface area contributed by atoms with Gasteiger partial charge in [-0.1, -0.05) is 6.42 Å². The molecule has 1 N–H and O–H groups in total. The van der Waals surface area contributed by atoms with E-state index in [1.54, 1.807) is 10.9 Å². The van der Waals surface area contributed by atoms with Crippen LogP contribution >= 0.6 is 0 Å². The van der Waals surface area contributed by atoms with Crippen molar-refractivity contribution in [3.63, 3.8) is 0 Å². The fourth-order valence-corrected chi connectivity index (χ4v) is 2.29. The van der Waals surface area contributed by atoms with E-state index < -0.39 is 0 Å². The molecule has 5 heteroatoms. The molecule has 0 saturated heterocycles. The zero-order valence-electron chi connectivity index (χ0n) is 10.6. The van der Waals surface area contributed by atoms with E-state index in [0.29, 0.717) is 0 Å². The molecular formula is C13H16N4O. The van der Waals surface area contributed by atoms with Gasteiger partial charge in [0, 0.05) is 18.4 Å². The Hall–Kier alpha value is -1.91. The maximum absolute atomic E-state index is 11.9. The number of nitrogens with zero attached hydrogens (tertiary/aromatic N) is 3. The predicted molar refractivity (Wildman–Crippen MR) is 69.2 cm³/mol. The highest BCUT2D eigenvalue weighted by molar-refractivity contribution is 5.94. The van der Waals surface area contributed by atoms with Crippen LogP contribution in [0.5, 0.6) is 0 Å². The summed E-state index contributed by atoms with van der Waals surface area (Å²) in [5.74, 6) is 0.305. The summed E-state index contributed by atoms with van der Waals surface area (Å²) < 4.78 is 1.75. The average Bonchev–Trinajstić information content (AvgIpc) is 2.52. The summed E-state index contributed by atoms with van der Waals surface area (Å²) in [5.41, 5.74) is 2.53. The summed E-state index contributed by atoms with van der Waals surface area (Å²) in [4.78, 5) is 16.2. The number of carbonyl (C=O) groups excluding carboxylic acids is 1. The standard InChI is InChI=1S/C13H16N4O/c1-8-11-6-10(7-14-12(11)17(2)16-8)15-13(18)9-4-3-5-9/h6-7,9H,3-5H2,1-2H3,(H,15,18). The lowest BCUT2D eigenvalue weighted by Crippen LogP contribution is -2.28. The van der Waals surface area contributed by atoms with E-state index in [9.17, 15) is 4.79 Å². The second-order valence-electron chi connectivity index (χ2n) is 4.92. The predicted octanol–water partition coefficient (Wildman–Crippen LogP) is 2.02. The summed E-state index contributed by atoms with van der Waals surface area (Å²) >= 11 is 0. The second-order valence-corrected chi connectivity index (χ2v) is 4.92. The molecule has 5 nitrogen and oxygen atoms in total. The lowest BCUT2D eigenvalue weighted by molar-refractivity contribution is -0.122. The number of aryl methyl sites for hydroxylation is 2. The first kappa shape index (κ1) is 11.2. The molecule has 1 fully saturated rings. The Morgan fingerprint density at radius 3 is 2.94 bits per heavy atom. The molecule has 0 unspecified atom stereocenters. The van der Waals surface area contributed by atoms with E-state index in [2.05, 4.69) is 15.4 Å². The third kappa shape index (κ3) is 1.75. The van der Waals surface area contributed by atoms with Crippen LogP contribution in [0.15, 0.2) is 12.3 Å². The maximum Gasteiger partial charge on any atom is 0.227 e. The van der Waals surface area contributed by atoms with Crippen molar-refractivity contribution in [3.8, 4) is 0 Å². The zero-order chi connectivity index (χ0) is 12.7. The van der Waals surface area contributed by atoms with Gasteiger partial charge in [-0.05, 0) is 25.8 Å². The minimum Gasteiger partial charge on any atom is -0.324 e. The molecule has 0 atom stereocenters. The van der Waals surface area contributed by atoms with Crippen LogP contribution in [0.2, 0.25) is 0 Å². The number of hydrogen-bond donors (Lipinski definition) is 1. The van der Waals surface area contributed by atoms with Gasteiger partial charge in [0.25, 0.3) is 0 Å². The molecule has 0 aliphatic heterocycles. The van der Waals surface area contributed by atoms with Crippen LogP contribution in [-0.4, -0.2) is 20.7 Å². The fraction of sp³-hybridized carbons (Fsp3) is 0.462. The van der Waals surface area contributed by atoms with Gasteiger partial charge in [0.15, 0.2) is 5.65 Å². The largest absolute Gasteiger partial charge is 0.324 e. The fourth-order valence-electron chi connectivity index (χ4n) is 2.29. The first-order chi connectivity index (χ1) is 8.65. The van der Waals surface area contributed by atoms with Crippen molar-refractivity contribution in [1.29, 1.82) is 0 Å². The molecule has 94 valence electrons. The van der Waals surface area contributed by atoms with Crippen LogP contribution in [0.1, 0.15) is 25.0 Å². The van der Waals surface area contributed by atoms with Crippen LogP contribution in [0, 0.1) is 12.8 Å². The van der Waals surface area contributed by atoms with Crippen molar-refractivity contribution in [3.05, 3.63) is 18.0 Å². The minimum absolute atomic E-state index is 0.115. The van der Waals surface area contributed by atoms with Crippen LogP contribution < -0.4 is 5.32 Å². The van der Waals surface area contributed by atoms with Gasteiger partial charge in [-0.3, -0.25) is 9.48 Å². The smallest absolute Gasteiger partial charge is 0.227 e. The molecule has 2 heterocycles. The highest BCUT2D eigenvalue weighted by Crippen LogP contribution is 2.28. The number of fused-ring (bicyclic) bond motifs is 1. The number of nitrogens with one attached hydrogen (secondary N) is 1. The quantitative estimate of drug-likeness (QED) is 0.879. The highest BCUT2D eigenvalue weighted by Gasteiger charge is 2.25. The Morgan fingerprint density at radius 2 is 2.28 bits per heavy atom. The molecule has 0 radical (unpaired) electrons. The molecule has 2 aromatic rings.